The molecule has 0 saturated carbocycles. The van der Waals surface area contributed by atoms with Gasteiger partial charge in [-0.25, -0.2) is 4.39 Å². The predicted molar refractivity (Wildman–Crippen MR) is 77.5 cm³/mol. The molecule has 0 bridgehead atoms. The van der Waals surface area contributed by atoms with Crippen LogP contribution in [-0.2, 0) is 4.79 Å². The summed E-state index contributed by atoms with van der Waals surface area (Å²) in [6, 6.07) is 6.47. The molecule has 1 aromatic carbocycles. The van der Waals surface area contributed by atoms with Crippen LogP contribution in [0.5, 0.6) is 0 Å². The van der Waals surface area contributed by atoms with Gasteiger partial charge in [-0.1, -0.05) is 38.8 Å². The Morgan fingerprint density at radius 2 is 2.20 bits per heavy atom. The van der Waals surface area contributed by atoms with Crippen LogP contribution in [0, 0.1) is 11.7 Å². The smallest absolute Gasteiger partial charge is 0.238 e. The van der Waals surface area contributed by atoms with Gasteiger partial charge in [0.25, 0.3) is 0 Å². The maximum atomic E-state index is 13.3. The highest BCUT2D eigenvalue weighted by atomic mass is 19.1. The zero-order chi connectivity index (χ0) is 14.5. The summed E-state index contributed by atoms with van der Waals surface area (Å²) in [4.78, 5) is 13.8. The Kier molecular flexibility index (Phi) is 5.12. The third kappa shape index (κ3) is 3.79. The quantitative estimate of drug-likeness (QED) is 0.811. The lowest BCUT2D eigenvalue weighted by Crippen LogP contribution is -2.31. The van der Waals surface area contributed by atoms with E-state index >= 15 is 0 Å². The molecule has 20 heavy (non-hydrogen) atoms. The molecule has 110 valence electrons. The number of carbonyl (C=O) groups excluding carboxylic acids is 1. The second kappa shape index (κ2) is 6.84. The molecule has 1 saturated heterocycles. The number of benzene rings is 1. The van der Waals surface area contributed by atoms with Crippen molar-refractivity contribution in [1.82, 2.24) is 10.2 Å². The van der Waals surface area contributed by atoms with Gasteiger partial charge in [0, 0.05) is 6.54 Å². The van der Waals surface area contributed by atoms with E-state index in [2.05, 4.69) is 19.2 Å². The molecule has 4 heteroatoms. The molecule has 1 aromatic rings. The van der Waals surface area contributed by atoms with E-state index in [0.717, 1.165) is 24.9 Å². The van der Waals surface area contributed by atoms with Gasteiger partial charge < -0.3 is 4.90 Å². The van der Waals surface area contributed by atoms with Crippen LogP contribution in [0.25, 0.3) is 0 Å². The lowest BCUT2D eigenvalue weighted by Gasteiger charge is -2.24. The Morgan fingerprint density at radius 1 is 1.40 bits per heavy atom. The molecule has 0 radical (unpaired) electrons. The summed E-state index contributed by atoms with van der Waals surface area (Å²) in [6.45, 7) is 5.49. The molecule has 1 fully saturated rings. The number of unbranched alkanes of at least 4 members (excludes halogenated alkanes) is 1. The number of hydrogen-bond acceptors (Lipinski definition) is 2. The first-order chi connectivity index (χ1) is 9.58. The molecule has 0 aliphatic carbocycles. The first-order valence-corrected chi connectivity index (χ1v) is 7.36. The molecule has 1 aliphatic rings. The minimum absolute atomic E-state index is 0.101. The number of halogens is 1. The molecular formula is C16H23FN2O. The van der Waals surface area contributed by atoms with Gasteiger partial charge in [-0.3, -0.25) is 10.1 Å². The van der Waals surface area contributed by atoms with Crippen molar-refractivity contribution in [2.75, 3.05) is 13.1 Å². The lowest BCUT2D eigenvalue weighted by atomic mass is 10.1. The summed E-state index contributed by atoms with van der Waals surface area (Å²) < 4.78 is 13.3. The Balaban J connectivity index is 1.96. The van der Waals surface area contributed by atoms with E-state index in [1.165, 1.54) is 18.6 Å². The van der Waals surface area contributed by atoms with Crippen LogP contribution in [-0.4, -0.2) is 23.9 Å². The van der Waals surface area contributed by atoms with Crippen LogP contribution in [0.4, 0.5) is 4.39 Å². The van der Waals surface area contributed by atoms with Gasteiger partial charge in [-0.05, 0) is 30.0 Å². The van der Waals surface area contributed by atoms with Crippen molar-refractivity contribution < 1.29 is 9.18 Å². The summed E-state index contributed by atoms with van der Waals surface area (Å²) in [5.74, 6) is 0.536. The van der Waals surface area contributed by atoms with Crippen LogP contribution >= 0.6 is 0 Å². The number of nitrogens with one attached hydrogen (secondary N) is 1. The Morgan fingerprint density at radius 3 is 2.90 bits per heavy atom. The highest BCUT2D eigenvalue weighted by molar-refractivity contribution is 5.80. The monoisotopic (exact) mass is 278 g/mol. The fourth-order valence-electron chi connectivity index (χ4n) is 2.60. The average Bonchev–Trinajstić information content (AvgIpc) is 2.76. The van der Waals surface area contributed by atoms with E-state index in [4.69, 9.17) is 0 Å². The first kappa shape index (κ1) is 15.0. The summed E-state index contributed by atoms with van der Waals surface area (Å²) in [5, 5.41) is 3.16. The largest absolute Gasteiger partial charge is 0.322 e. The number of amides is 1. The van der Waals surface area contributed by atoms with Crippen molar-refractivity contribution in [1.29, 1.82) is 0 Å². The standard InChI is InChI=1S/C16H23FN2O/c1-12(2)6-3-4-9-19-15(20)11-18-16(19)13-7-5-8-14(17)10-13/h5,7-8,10,12,16,18H,3-4,6,9,11H2,1-2H3. The third-order valence-electron chi connectivity index (χ3n) is 3.67. The third-order valence-corrected chi connectivity index (χ3v) is 3.67. The Bertz CT molecular complexity index is 462. The van der Waals surface area contributed by atoms with Crippen molar-refractivity contribution in [3.8, 4) is 0 Å². The highest BCUT2D eigenvalue weighted by Gasteiger charge is 2.31. The Labute approximate surface area is 120 Å². The maximum absolute atomic E-state index is 13.3. The van der Waals surface area contributed by atoms with Gasteiger partial charge in [0.05, 0.1) is 6.54 Å². The minimum atomic E-state index is -0.261. The average molecular weight is 278 g/mol. The molecule has 0 spiro atoms. The van der Waals surface area contributed by atoms with E-state index in [9.17, 15) is 9.18 Å². The Hall–Kier alpha value is -1.42. The van der Waals surface area contributed by atoms with Crippen LogP contribution in [0.1, 0.15) is 44.8 Å². The van der Waals surface area contributed by atoms with Crippen molar-refractivity contribution in [3.05, 3.63) is 35.6 Å². The van der Waals surface area contributed by atoms with Gasteiger partial charge in [0.1, 0.15) is 12.0 Å². The van der Waals surface area contributed by atoms with E-state index in [-0.39, 0.29) is 17.9 Å². The van der Waals surface area contributed by atoms with Crippen LogP contribution in [0.15, 0.2) is 24.3 Å². The van der Waals surface area contributed by atoms with Gasteiger partial charge in [-0.15, -0.1) is 0 Å². The fraction of sp³-hybridized carbons (Fsp3) is 0.562. The zero-order valence-electron chi connectivity index (χ0n) is 12.2. The van der Waals surface area contributed by atoms with Gasteiger partial charge >= 0.3 is 0 Å². The number of rotatable bonds is 6. The molecule has 1 unspecified atom stereocenters. The van der Waals surface area contributed by atoms with Crippen molar-refractivity contribution >= 4 is 5.91 Å². The number of carbonyl (C=O) groups is 1. The first-order valence-electron chi connectivity index (χ1n) is 7.36. The SMILES string of the molecule is CC(C)CCCCN1C(=O)CNC1c1cccc(F)c1. The molecule has 3 nitrogen and oxygen atoms in total. The molecule has 1 amide bonds. The van der Waals surface area contributed by atoms with E-state index < -0.39 is 0 Å². The van der Waals surface area contributed by atoms with Gasteiger partial charge in [0.2, 0.25) is 5.91 Å². The molecule has 0 aromatic heterocycles. The molecule has 2 rings (SSSR count). The number of hydrogen-bond donors (Lipinski definition) is 1. The summed E-state index contributed by atoms with van der Waals surface area (Å²) in [5.41, 5.74) is 0.819. The van der Waals surface area contributed by atoms with Crippen LogP contribution < -0.4 is 5.32 Å². The van der Waals surface area contributed by atoms with Gasteiger partial charge in [-0.2, -0.15) is 0 Å². The van der Waals surface area contributed by atoms with Crippen molar-refractivity contribution in [3.63, 3.8) is 0 Å². The van der Waals surface area contributed by atoms with E-state index in [1.807, 2.05) is 11.0 Å². The lowest BCUT2D eigenvalue weighted by molar-refractivity contribution is -0.128. The minimum Gasteiger partial charge on any atom is -0.322 e. The zero-order valence-corrected chi connectivity index (χ0v) is 12.2. The van der Waals surface area contributed by atoms with E-state index in [1.54, 1.807) is 6.07 Å². The maximum Gasteiger partial charge on any atom is 0.238 e. The second-order valence-corrected chi connectivity index (χ2v) is 5.82. The van der Waals surface area contributed by atoms with Crippen LogP contribution in [0.2, 0.25) is 0 Å². The molecule has 1 heterocycles. The summed E-state index contributed by atoms with van der Waals surface area (Å²) in [7, 11) is 0. The van der Waals surface area contributed by atoms with Gasteiger partial charge in [0.15, 0.2) is 0 Å². The van der Waals surface area contributed by atoms with E-state index in [0.29, 0.717) is 12.5 Å². The topological polar surface area (TPSA) is 32.3 Å². The number of nitrogens with zero attached hydrogens (tertiary/aromatic N) is 1. The molecule has 1 aliphatic heterocycles. The molecule has 1 N–H and O–H groups in total. The molecular weight excluding hydrogens is 255 g/mol. The van der Waals surface area contributed by atoms with Crippen molar-refractivity contribution in [2.45, 2.75) is 39.3 Å². The predicted octanol–water partition coefficient (Wildman–Crippen LogP) is 3.08. The highest BCUT2D eigenvalue weighted by Crippen LogP contribution is 2.23. The second-order valence-electron chi connectivity index (χ2n) is 5.82. The fourth-order valence-corrected chi connectivity index (χ4v) is 2.60. The normalized spacial score (nSPS) is 19.1. The molecule has 1 atom stereocenters. The summed E-state index contributed by atoms with van der Waals surface area (Å²) >= 11 is 0. The van der Waals surface area contributed by atoms with Crippen molar-refractivity contribution in [2.24, 2.45) is 5.92 Å². The van der Waals surface area contributed by atoms with Crippen LogP contribution in [0.3, 0.4) is 0 Å². The summed E-state index contributed by atoms with van der Waals surface area (Å²) in [6.07, 6.45) is 3.12.